The molecule has 162 valence electrons. The van der Waals surface area contributed by atoms with E-state index in [4.69, 9.17) is 4.98 Å². The lowest BCUT2D eigenvalue weighted by Gasteiger charge is -2.16. The predicted octanol–water partition coefficient (Wildman–Crippen LogP) is 3.79. The van der Waals surface area contributed by atoms with E-state index in [-0.39, 0.29) is 11.9 Å². The largest absolute Gasteiger partial charge is 0.310 e. The maximum atomic E-state index is 13.3. The average Bonchev–Trinajstić information content (AvgIpc) is 3.57. The van der Waals surface area contributed by atoms with Gasteiger partial charge in [0.05, 0.1) is 18.4 Å². The van der Waals surface area contributed by atoms with E-state index in [1.165, 1.54) is 0 Å². The minimum Gasteiger partial charge on any atom is -0.310 e. The molecule has 0 fully saturated rings. The Morgan fingerprint density at radius 2 is 1.91 bits per heavy atom. The SMILES string of the molecule is CC(C)n1cnnc1-c1cccc(N2Cc3ccc(-c4ccn5nccc5n4)cc3C2=O)n1. The maximum absolute atomic E-state index is 13.3. The van der Waals surface area contributed by atoms with Gasteiger partial charge in [0.15, 0.2) is 11.5 Å². The van der Waals surface area contributed by atoms with E-state index in [0.29, 0.717) is 29.4 Å². The molecule has 1 aliphatic rings. The van der Waals surface area contributed by atoms with Gasteiger partial charge in [-0.1, -0.05) is 18.2 Å². The molecule has 0 aliphatic carbocycles. The van der Waals surface area contributed by atoms with Gasteiger partial charge >= 0.3 is 0 Å². The molecule has 1 aliphatic heterocycles. The van der Waals surface area contributed by atoms with Gasteiger partial charge in [-0.15, -0.1) is 10.2 Å². The van der Waals surface area contributed by atoms with Gasteiger partial charge in [0.1, 0.15) is 17.8 Å². The highest BCUT2D eigenvalue weighted by molar-refractivity contribution is 6.10. The molecule has 6 rings (SSSR count). The molecule has 0 N–H and O–H groups in total. The van der Waals surface area contributed by atoms with Gasteiger partial charge in [-0.25, -0.2) is 14.5 Å². The third kappa shape index (κ3) is 3.16. The summed E-state index contributed by atoms with van der Waals surface area (Å²) in [5.74, 6) is 1.19. The van der Waals surface area contributed by atoms with Gasteiger partial charge in [-0.2, -0.15) is 5.10 Å². The monoisotopic (exact) mass is 436 g/mol. The van der Waals surface area contributed by atoms with Gasteiger partial charge in [0.25, 0.3) is 5.91 Å². The first-order valence-corrected chi connectivity index (χ1v) is 10.7. The van der Waals surface area contributed by atoms with Crippen LogP contribution in [0.2, 0.25) is 0 Å². The van der Waals surface area contributed by atoms with Gasteiger partial charge < -0.3 is 4.57 Å². The number of carbonyl (C=O) groups excluding carboxylic acids is 1. The normalized spacial score (nSPS) is 13.3. The molecule has 5 heterocycles. The lowest BCUT2D eigenvalue weighted by atomic mass is 10.0. The quantitative estimate of drug-likeness (QED) is 0.425. The number of carbonyl (C=O) groups is 1. The molecule has 5 aromatic rings. The number of rotatable bonds is 4. The van der Waals surface area contributed by atoms with Crippen LogP contribution in [0, 0.1) is 0 Å². The number of anilines is 1. The highest BCUT2D eigenvalue weighted by Gasteiger charge is 2.30. The number of nitrogens with zero attached hydrogens (tertiary/aromatic N) is 8. The Bertz CT molecular complexity index is 1520. The molecule has 0 spiro atoms. The molecule has 4 aromatic heterocycles. The summed E-state index contributed by atoms with van der Waals surface area (Å²) >= 11 is 0. The van der Waals surface area contributed by atoms with Crippen LogP contribution in [-0.2, 0) is 6.54 Å². The van der Waals surface area contributed by atoms with Crippen molar-refractivity contribution in [3.05, 3.63) is 78.4 Å². The lowest BCUT2D eigenvalue weighted by molar-refractivity contribution is 0.0996. The Labute approximate surface area is 189 Å². The standard InChI is InChI=1S/C24H20N8O/c1-15(2)31-14-25-29-23(31)20-4-3-5-21(28-20)30-13-17-7-6-16(12-18(17)24(30)33)19-9-11-32-22(27-19)8-10-26-32/h3-12,14-15H,13H2,1-2H3. The third-order valence-electron chi connectivity index (χ3n) is 5.84. The van der Waals surface area contributed by atoms with Crippen LogP contribution < -0.4 is 4.90 Å². The van der Waals surface area contributed by atoms with Crippen molar-refractivity contribution in [1.29, 1.82) is 0 Å². The summed E-state index contributed by atoms with van der Waals surface area (Å²) in [6.45, 7) is 4.60. The lowest BCUT2D eigenvalue weighted by Crippen LogP contribution is -2.24. The van der Waals surface area contributed by atoms with E-state index >= 15 is 0 Å². The second kappa shape index (κ2) is 7.33. The molecule has 0 bridgehead atoms. The van der Waals surface area contributed by atoms with Gasteiger partial charge in [0.2, 0.25) is 0 Å². The van der Waals surface area contributed by atoms with Crippen LogP contribution in [0.15, 0.2) is 67.3 Å². The molecule has 0 saturated heterocycles. The third-order valence-corrected chi connectivity index (χ3v) is 5.84. The number of pyridine rings is 1. The van der Waals surface area contributed by atoms with Crippen LogP contribution >= 0.6 is 0 Å². The number of amides is 1. The molecule has 0 atom stereocenters. The molecule has 1 amide bonds. The van der Waals surface area contributed by atoms with E-state index in [1.54, 1.807) is 21.9 Å². The van der Waals surface area contributed by atoms with Crippen molar-refractivity contribution in [3.8, 4) is 22.8 Å². The zero-order valence-electron chi connectivity index (χ0n) is 18.1. The highest BCUT2D eigenvalue weighted by Crippen LogP contribution is 2.31. The summed E-state index contributed by atoms with van der Waals surface area (Å²) in [7, 11) is 0. The first kappa shape index (κ1) is 19.3. The molecule has 1 aromatic carbocycles. The molecular weight excluding hydrogens is 416 g/mol. The molecule has 33 heavy (non-hydrogen) atoms. The first-order valence-electron chi connectivity index (χ1n) is 10.7. The number of hydrogen-bond acceptors (Lipinski definition) is 6. The van der Waals surface area contributed by atoms with Gasteiger partial charge in [0, 0.05) is 29.4 Å². The molecule has 0 unspecified atom stereocenters. The smallest absolute Gasteiger partial charge is 0.260 e. The maximum Gasteiger partial charge on any atom is 0.260 e. The van der Waals surface area contributed by atoms with E-state index < -0.39 is 0 Å². The second-order valence-electron chi connectivity index (χ2n) is 8.25. The zero-order chi connectivity index (χ0) is 22.5. The van der Waals surface area contributed by atoms with E-state index in [9.17, 15) is 4.79 Å². The summed E-state index contributed by atoms with van der Waals surface area (Å²) in [6.07, 6.45) is 5.27. The van der Waals surface area contributed by atoms with Crippen LogP contribution in [0.1, 0.15) is 35.8 Å². The van der Waals surface area contributed by atoms with Crippen LogP contribution in [0.5, 0.6) is 0 Å². The van der Waals surface area contributed by atoms with Crippen molar-refractivity contribution in [2.24, 2.45) is 0 Å². The van der Waals surface area contributed by atoms with E-state index in [2.05, 4.69) is 34.1 Å². The summed E-state index contributed by atoms with van der Waals surface area (Å²) < 4.78 is 3.67. The number of benzene rings is 1. The minimum atomic E-state index is -0.0766. The summed E-state index contributed by atoms with van der Waals surface area (Å²) in [6, 6.07) is 15.5. The highest BCUT2D eigenvalue weighted by atomic mass is 16.2. The first-order chi connectivity index (χ1) is 16.1. The Hall–Kier alpha value is -4.40. The van der Waals surface area contributed by atoms with Crippen molar-refractivity contribution in [2.45, 2.75) is 26.4 Å². The Morgan fingerprint density at radius 3 is 2.79 bits per heavy atom. The van der Waals surface area contributed by atoms with E-state index in [0.717, 1.165) is 22.5 Å². The molecule has 0 saturated carbocycles. The van der Waals surface area contributed by atoms with Crippen LogP contribution in [0.4, 0.5) is 5.82 Å². The fourth-order valence-corrected chi connectivity index (χ4v) is 4.12. The zero-order valence-corrected chi connectivity index (χ0v) is 18.1. The van der Waals surface area contributed by atoms with Crippen molar-refractivity contribution >= 4 is 17.4 Å². The Kier molecular flexibility index (Phi) is 4.29. The van der Waals surface area contributed by atoms with Crippen LogP contribution in [-0.4, -0.2) is 40.3 Å². The summed E-state index contributed by atoms with van der Waals surface area (Å²) in [5.41, 5.74) is 4.76. The van der Waals surface area contributed by atoms with Crippen LogP contribution in [0.25, 0.3) is 28.4 Å². The number of aromatic nitrogens is 7. The Morgan fingerprint density at radius 1 is 1.00 bits per heavy atom. The number of hydrogen-bond donors (Lipinski definition) is 0. The average molecular weight is 436 g/mol. The summed E-state index contributed by atoms with van der Waals surface area (Å²) in [4.78, 5) is 24.4. The fraction of sp³-hybridized carbons (Fsp3) is 0.167. The van der Waals surface area contributed by atoms with Crippen molar-refractivity contribution in [1.82, 2.24) is 34.3 Å². The van der Waals surface area contributed by atoms with Crippen molar-refractivity contribution in [3.63, 3.8) is 0 Å². The van der Waals surface area contributed by atoms with Crippen LogP contribution in [0.3, 0.4) is 0 Å². The van der Waals surface area contributed by atoms with Crippen molar-refractivity contribution in [2.75, 3.05) is 4.90 Å². The van der Waals surface area contributed by atoms with Gasteiger partial charge in [-0.05, 0) is 43.7 Å². The molecular formula is C24H20N8O. The second-order valence-corrected chi connectivity index (χ2v) is 8.25. The van der Waals surface area contributed by atoms with Gasteiger partial charge in [-0.3, -0.25) is 9.69 Å². The van der Waals surface area contributed by atoms with Crippen molar-refractivity contribution < 1.29 is 4.79 Å². The molecule has 9 heteroatoms. The number of fused-ring (bicyclic) bond motifs is 2. The topological polar surface area (TPSA) is 94.1 Å². The summed E-state index contributed by atoms with van der Waals surface area (Å²) in [5, 5.41) is 12.4. The Balaban J connectivity index is 1.34. The fourth-order valence-electron chi connectivity index (χ4n) is 4.12. The predicted molar refractivity (Wildman–Crippen MR) is 123 cm³/mol. The molecule has 9 nitrogen and oxygen atoms in total. The molecule has 0 radical (unpaired) electrons. The van der Waals surface area contributed by atoms with E-state index in [1.807, 2.05) is 59.3 Å². The minimum absolute atomic E-state index is 0.0766.